The van der Waals surface area contributed by atoms with Gasteiger partial charge in [-0.1, -0.05) is 24.3 Å². The van der Waals surface area contributed by atoms with Crippen molar-refractivity contribution in [2.75, 3.05) is 10.8 Å². The van der Waals surface area contributed by atoms with Crippen LogP contribution in [0.1, 0.15) is 11.1 Å². The third kappa shape index (κ3) is 7.51. The molecule has 0 unspecified atom stereocenters. The number of sulfonamides is 1. The number of rotatable bonds is 12. The van der Waals surface area contributed by atoms with Crippen molar-refractivity contribution in [1.82, 2.24) is 5.43 Å². The number of hydrogen-bond acceptors (Lipinski definition) is 9. The maximum atomic E-state index is 13.4. The molecule has 42 heavy (non-hydrogen) atoms. The lowest BCUT2D eigenvalue weighted by molar-refractivity contribution is -0.385. The van der Waals surface area contributed by atoms with Gasteiger partial charge in [0.2, 0.25) is 0 Å². The number of ether oxygens (including phenoxy) is 1. The molecule has 0 spiro atoms. The van der Waals surface area contributed by atoms with Crippen molar-refractivity contribution >= 4 is 39.2 Å². The molecule has 0 atom stereocenters. The van der Waals surface area contributed by atoms with Crippen LogP contribution in [-0.2, 0) is 21.4 Å². The fraction of sp³-hybridized carbons (Fsp3) is 0.0714. The second kappa shape index (κ2) is 13.1. The maximum absolute atomic E-state index is 13.4. The second-order valence-corrected chi connectivity index (χ2v) is 10.5. The fourth-order valence-electron chi connectivity index (χ4n) is 3.67. The predicted octanol–water partition coefficient (Wildman–Crippen LogP) is 4.43. The molecule has 14 heteroatoms. The molecule has 0 aliphatic rings. The van der Waals surface area contributed by atoms with E-state index in [0.717, 1.165) is 15.9 Å². The molecular weight excluding hydrogens is 566 g/mol. The lowest BCUT2D eigenvalue weighted by Gasteiger charge is -2.23. The van der Waals surface area contributed by atoms with Gasteiger partial charge < -0.3 is 4.74 Å². The van der Waals surface area contributed by atoms with E-state index >= 15 is 0 Å². The van der Waals surface area contributed by atoms with Gasteiger partial charge in [-0.25, -0.2) is 13.8 Å². The molecule has 4 aromatic rings. The molecule has 0 radical (unpaired) electrons. The van der Waals surface area contributed by atoms with Gasteiger partial charge >= 0.3 is 0 Å². The van der Waals surface area contributed by atoms with Crippen LogP contribution in [0, 0.1) is 20.2 Å². The number of hydrazone groups is 1. The van der Waals surface area contributed by atoms with Crippen molar-refractivity contribution in [1.29, 1.82) is 0 Å². The highest BCUT2D eigenvalue weighted by molar-refractivity contribution is 7.92. The molecule has 0 aliphatic heterocycles. The van der Waals surface area contributed by atoms with Gasteiger partial charge in [0, 0.05) is 24.3 Å². The van der Waals surface area contributed by atoms with Crippen molar-refractivity contribution in [2.45, 2.75) is 11.5 Å². The topological polar surface area (TPSA) is 174 Å². The third-order valence-corrected chi connectivity index (χ3v) is 7.57. The van der Waals surface area contributed by atoms with Crippen LogP contribution in [-0.4, -0.2) is 36.9 Å². The average Bonchev–Trinajstić information content (AvgIpc) is 3.00. The van der Waals surface area contributed by atoms with E-state index in [2.05, 4.69) is 10.5 Å². The first-order chi connectivity index (χ1) is 20.1. The van der Waals surface area contributed by atoms with Gasteiger partial charge in [0.15, 0.2) is 0 Å². The number of amides is 1. The van der Waals surface area contributed by atoms with Crippen molar-refractivity contribution in [2.24, 2.45) is 5.10 Å². The molecule has 4 aromatic carbocycles. The van der Waals surface area contributed by atoms with E-state index < -0.39 is 32.3 Å². The van der Waals surface area contributed by atoms with Gasteiger partial charge in [0.25, 0.3) is 27.3 Å². The van der Waals surface area contributed by atoms with Crippen molar-refractivity contribution in [3.05, 3.63) is 134 Å². The normalized spacial score (nSPS) is 11.1. The number of nitrogens with zero attached hydrogens (tertiary/aromatic N) is 4. The molecule has 0 bridgehead atoms. The Hall–Kier alpha value is -5.63. The van der Waals surface area contributed by atoms with E-state index in [-0.39, 0.29) is 28.6 Å². The number of non-ortho nitro benzene ring substituents is 2. The zero-order chi connectivity index (χ0) is 30.1. The standard InChI is InChI=1S/C28H23N5O8S/c34-28(19-31(24-5-4-6-25(17-24)33(37)38)42(39,40)27-7-2-1-3-8-27)30-29-18-21-11-15-26(16-12-21)41-20-22-9-13-23(14-10-22)32(35)36/h1-18H,19-20H2,(H,30,34)/b29-18+. The minimum Gasteiger partial charge on any atom is -0.489 e. The van der Waals surface area contributed by atoms with E-state index in [0.29, 0.717) is 11.3 Å². The first-order valence-electron chi connectivity index (χ1n) is 12.2. The molecule has 13 nitrogen and oxygen atoms in total. The van der Waals surface area contributed by atoms with Gasteiger partial charge in [-0.3, -0.25) is 29.3 Å². The Bertz CT molecular complexity index is 1710. The Morgan fingerprint density at radius 1 is 0.857 bits per heavy atom. The lowest BCUT2D eigenvalue weighted by Crippen LogP contribution is -2.39. The van der Waals surface area contributed by atoms with E-state index in [9.17, 15) is 33.4 Å². The minimum absolute atomic E-state index is 0.0101. The van der Waals surface area contributed by atoms with E-state index in [1.54, 1.807) is 42.5 Å². The summed E-state index contributed by atoms with van der Waals surface area (Å²) in [5.41, 5.74) is 3.23. The fourth-order valence-corrected chi connectivity index (χ4v) is 5.11. The van der Waals surface area contributed by atoms with Crippen molar-refractivity contribution in [3.8, 4) is 5.75 Å². The Morgan fingerprint density at radius 2 is 1.52 bits per heavy atom. The van der Waals surface area contributed by atoms with Crippen LogP contribution < -0.4 is 14.5 Å². The first-order valence-corrected chi connectivity index (χ1v) is 13.7. The van der Waals surface area contributed by atoms with Crippen molar-refractivity contribution in [3.63, 3.8) is 0 Å². The second-order valence-electron chi connectivity index (χ2n) is 8.68. The quantitative estimate of drug-likeness (QED) is 0.143. The van der Waals surface area contributed by atoms with Gasteiger partial charge in [-0.2, -0.15) is 5.10 Å². The molecule has 0 aliphatic carbocycles. The van der Waals surface area contributed by atoms with Crippen LogP contribution in [0.25, 0.3) is 0 Å². The van der Waals surface area contributed by atoms with Crippen molar-refractivity contribution < 1.29 is 27.8 Å². The van der Waals surface area contributed by atoms with Gasteiger partial charge in [0.05, 0.1) is 26.6 Å². The number of carbonyl (C=O) groups is 1. The zero-order valence-electron chi connectivity index (χ0n) is 21.8. The summed E-state index contributed by atoms with van der Waals surface area (Å²) in [5.74, 6) is -0.242. The van der Waals surface area contributed by atoms with Gasteiger partial charge in [-0.05, 0) is 65.7 Å². The highest BCUT2D eigenvalue weighted by Gasteiger charge is 2.28. The van der Waals surface area contributed by atoms with E-state index in [1.807, 2.05) is 0 Å². The zero-order valence-corrected chi connectivity index (χ0v) is 22.6. The summed E-state index contributed by atoms with van der Waals surface area (Å²) in [7, 11) is -4.25. The molecule has 1 N–H and O–H groups in total. The Labute approximate surface area is 240 Å². The number of nitro benzene ring substituents is 2. The monoisotopic (exact) mass is 589 g/mol. The largest absolute Gasteiger partial charge is 0.489 e. The van der Waals surface area contributed by atoms with Gasteiger partial charge in [0.1, 0.15) is 18.9 Å². The molecular formula is C28H23N5O8S. The molecule has 0 aromatic heterocycles. The van der Waals surface area contributed by atoms with Crippen LogP contribution in [0.5, 0.6) is 5.75 Å². The Kier molecular flexibility index (Phi) is 9.19. The number of anilines is 1. The van der Waals surface area contributed by atoms with Crippen LogP contribution in [0.3, 0.4) is 0 Å². The number of nitro groups is 2. The molecule has 0 fully saturated rings. The summed E-state index contributed by atoms with van der Waals surface area (Å²) in [6, 6.07) is 25.1. The number of carbonyl (C=O) groups excluding carboxylic acids is 1. The average molecular weight is 590 g/mol. The summed E-state index contributed by atoms with van der Waals surface area (Å²) >= 11 is 0. The highest BCUT2D eigenvalue weighted by Crippen LogP contribution is 2.27. The minimum atomic E-state index is -4.25. The molecule has 4 rings (SSSR count). The third-order valence-electron chi connectivity index (χ3n) is 5.78. The summed E-state index contributed by atoms with van der Waals surface area (Å²) in [6.07, 6.45) is 1.35. The smallest absolute Gasteiger partial charge is 0.271 e. The Morgan fingerprint density at radius 3 is 2.17 bits per heavy atom. The van der Waals surface area contributed by atoms with Crippen LogP contribution in [0.4, 0.5) is 17.1 Å². The highest BCUT2D eigenvalue weighted by atomic mass is 32.2. The summed E-state index contributed by atoms with van der Waals surface area (Å²) < 4.78 is 33.2. The van der Waals surface area contributed by atoms with Gasteiger partial charge in [-0.15, -0.1) is 0 Å². The predicted molar refractivity (Wildman–Crippen MR) is 154 cm³/mol. The molecule has 0 saturated carbocycles. The first kappa shape index (κ1) is 29.4. The molecule has 214 valence electrons. The molecule has 1 amide bonds. The number of benzene rings is 4. The summed E-state index contributed by atoms with van der Waals surface area (Å²) in [4.78, 5) is 33.5. The molecule has 0 saturated heterocycles. The summed E-state index contributed by atoms with van der Waals surface area (Å²) in [5, 5.41) is 25.9. The summed E-state index contributed by atoms with van der Waals surface area (Å²) in [6.45, 7) is -0.487. The van der Waals surface area contributed by atoms with E-state index in [1.165, 1.54) is 60.8 Å². The lowest BCUT2D eigenvalue weighted by atomic mass is 10.2. The SMILES string of the molecule is O=C(CN(c1cccc([N+](=O)[O-])c1)S(=O)(=O)c1ccccc1)N/N=C/c1ccc(OCc2ccc([N+](=O)[O-])cc2)cc1. The maximum Gasteiger partial charge on any atom is 0.271 e. The van der Waals surface area contributed by atoms with E-state index in [4.69, 9.17) is 4.74 Å². The number of hydrogen-bond donors (Lipinski definition) is 1. The van der Waals surface area contributed by atoms with Crippen LogP contribution >= 0.6 is 0 Å². The Balaban J connectivity index is 1.40. The molecule has 0 heterocycles. The van der Waals surface area contributed by atoms with Crippen LogP contribution in [0.2, 0.25) is 0 Å². The number of nitrogens with one attached hydrogen (secondary N) is 1. The van der Waals surface area contributed by atoms with Crippen LogP contribution in [0.15, 0.2) is 113 Å².